The molecule has 6 heteroatoms. The summed E-state index contributed by atoms with van der Waals surface area (Å²) < 4.78 is 26.3. The largest absolute Gasteiger partial charge is 0.330 e. The lowest BCUT2D eigenvalue weighted by Gasteiger charge is -2.13. The third-order valence-corrected chi connectivity index (χ3v) is 6.20. The minimum atomic E-state index is -3.23. The molecule has 1 fully saturated rings. The van der Waals surface area contributed by atoms with Crippen molar-refractivity contribution < 1.29 is 8.42 Å². The predicted octanol–water partition coefficient (Wildman–Crippen LogP) is 1.03. The molecule has 1 aliphatic rings. The van der Waals surface area contributed by atoms with Crippen LogP contribution in [0.4, 0.5) is 0 Å². The Labute approximate surface area is 100 Å². The summed E-state index contributed by atoms with van der Waals surface area (Å²) >= 11 is 1.34. The summed E-state index contributed by atoms with van der Waals surface area (Å²) in [6, 6.07) is 3.56. The van der Waals surface area contributed by atoms with Crippen molar-refractivity contribution in [2.75, 3.05) is 19.6 Å². The molecule has 0 aliphatic carbocycles. The highest BCUT2D eigenvalue weighted by Gasteiger charge is 2.28. The smallest absolute Gasteiger partial charge is 0.252 e. The van der Waals surface area contributed by atoms with E-state index in [0.29, 0.717) is 23.8 Å². The summed E-state index contributed by atoms with van der Waals surface area (Å²) in [5, 5.41) is 0. The molecule has 0 amide bonds. The van der Waals surface area contributed by atoms with E-state index >= 15 is 0 Å². The molecule has 0 saturated carbocycles. The number of nitrogens with two attached hydrogens (primary N) is 1. The molecule has 2 rings (SSSR count). The second-order valence-electron chi connectivity index (χ2n) is 3.87. The molecule has 0 spiro atoms. The highest BCUT2D eigenvalue weighted by Crippen LogP contribution is 2.27. The fourth-order valence-corrected chi connectivity index (χ4v) is 4.87. The fraction of sp³-hybridized carbons (Fsp3) is 0.600. The quantitative estimate of drug-likeness (QED) is 0.879. The highest BCUT2D eigenvalue weighted by atomic mass is 32.2. The van der Waals surface area contributed by atoms with Crippen LogP contribution in [0.5, 0.6) is 0 Å². The average molecular weight is 260 g/mol. The normalized spacial score (nSPS) is 18.1. The Bertz CT molecular complexity index is 447. The predicted molar refractivity (Wildman–Crippen MR) is 65.1 cm³/mol. The Morgan fingerprint density at radius 2 is 2.00 bits per heavy atom. The van der Waals surface area contributed by atoms with Gasteiger partial charge in [-0.3, -0.25) is 0 Å². The van der Waals surface area contributed by atoms with Crippen LogP contribution in [-0.4, -0.2) is 32.4 Å². The molecule has 16 heavy (non-hydrogen) atoms. The second kappa shape index (κ2) is 4.83. The Kier molecular flexibility index (Phi) is 3.63. The Morgan fingerprint density at radius 1 is 1.31 bits per heavy atom. The Hall–Kier alpha value is -0.430. The first-order valence-electron chi connectivity index (χ1n) is 5.43. The van der Waals surface area contributed by atoms with Crippen molar-refractivity contribution in [2.24, 2.45) is 5.73 Å². The lowest BCUT2D eigenvalue weighted by molar-refractivity contribution is 0.479. The molecule has 90 valence electrons. The topological polar surface area (TPSA) is 63.4 Å². The van der Waals surface area contributed by atoms with Crippen LogP contribution in [-0.2, 0) is 16.4 Å². The molecule has 0 bridgehead atoms. The molecule has 1 aromatic rings. The fourth-order valence-electron chi connectivity index (χ4n) is 1.83. The standard InChI is InChI=1S/C10H16N2O2S2/c11-6-5-9-3-4-10(15-9)16(13,14)12-7-1-2-8-12/h3-4H,1-2,5-8,11H2. The average Bonchev–Trinajstić information content (AvgIpc) is 2.88. The van der Waals surface area contributed by atoms with E-state index in [4.69, 9.17) is 5.73 Å². The maximum atomic E-state index is 12.2. The van der Waals surface area contributed by atoms with Crippen molar-refractivity contribution in [2.45, 2.75) is 23.5 Å². The molecular weight excluding hydrogens is 244 g/mol. The van der Waals surface area contributed by atoms with Gasteiger partial charge in [-0.25, -0.2) is 8.42 Å². The van der Waals surface area contributed by atoms with E-state index in [2.05, 4.69) is 0 Å². The van der Waals surface area contributed by atoms with E-state index in [1.165, 1.54) is 11.3 Å². The van der Waals surface area contributed by atoms with Gasteiger partial charge in [0.15, 0.2) is 0 Å². The van der Waals surface area contributed by atoms with Crippen LogP contribution in [0.2, 0.25) is 0 Å². The maximum Gasteiger partial charge on any atom is 0.252 e. The van der Waals surface area contributed by atoms with Gasteiger partial charge in [-0.2, -0.15) is 4.31 Å². The van der Waals surface area contributed by atoms with Crippen LogP contribution >= 0.6 is 11.3 Å². The minimum absolute atomic E-state index is 0.456. The summed E-state index contributed by atoms with van der Waals surface area (Å²) in [5.41, 5.74) is 5.45. The van der Waals surface area contributed by atoms with E-state index in [1.807, 2.05) is 6.07 Å². The van der Waals surface area contributed by atoms with Gasteiger partial charge in [0.2, 0.25) is 0 Å². The number of hydrogen-bond donors (Lipinski definition) is 1. The summed E-state index contributed by atoms with van der Waals surface area (Å²) in [6.45, 7) is 1.88. The molecule has 0 atom stereocenters. The van der Waals surface area contributed by atoms with Gasteiger partial charge in [-0.1, -0.05) is 0 Å². The number of rotatable bonds is 4. The number of sulfonamides is 1. The van der Waals surface area contributed by atoms with Crippen molar-refractivity contribution in [3.8, 4) is 0 Å². The molecule has 4 nitrogen and oxygen atoms in total. The van der Waals surface area contributed by atoms with E-state index in [1.54, 1.807) is 10.4 Å². The Morgan fingerprint density at radius 3 is 2.62 bits per heavy atom. The molecule has 0 radical (unpaired) electrons. The molecule has 1 saturated heterocycles. The lowest BCUT2D eigenvalue weighted by atomic mass is 10.3. The van der Waals surface area contributed by atoms with Gasteiger partial charge in [-0.05, 0) is 37.9 Å². The van der Waals surface area contributed by atoms with Gasteiger partial charge in [0, 0.05) is 18.0 Å². The minimum Gasteiger partial charge on any atom is -0.330 e. The third kappa shape index (κ3) is 2.29. The van der Waals surface area contributed by atoms with Crippen LogP contribution in [0.25, 0.3) is 0 Å². The van der Waals surface area contributed by atoms with Crippen molar-refractivity contribution >= 4 is 21.4 Å². The summed E-state index contributed by atoms with van der Waals surface area (Å²) in [4.78, 5) is 1.04. The van der Waals surface area contributed by atoms with Crippen molar-refractivity contribution in [3.63, 3.8) is 0 Å². The van der Waals surface area contributed by atoms with Crippen LogP contribution in [0.15, 0.2) is 16.3 Å². The van der Waals surface area contributed by atoms with Crippen LogP contribution < -0.4 is 5.73 Å². The van der Waals surface area contributed by atoms with Crippen LogP contribution in [0, 0.1) is 0 Å². The van der Waals surface area contributed by atoms with Gasteiger partial charge in [-0.15, -0.1) is 11.3 Å². The summed E-state index contributed by atoms with van der Waals surface area (Å²) in [7, 11) is -3.23. The Balaban J connectivity index is 2.21. The molecule has 2 heterocycles. The SMILES string of the molecule is NCCc1ccc(S(=O)(=O)N2CCCC2)s1. The lowest BCUT2D eigenvalue weighted by Crippen LogP contribution is -2.27. The van der Waals surface area contributed by atoms with Gasteiger partial charge >= 0.3 is 0 Å². The van der Waals surface area contributed by atoms with Gasteiger partial charge < -0.3 is 5.73 Å². The van der Waals surface area contributed by atoms with Gasteiger partial charge in [0.1, 0.15) is 4.21 Å². The van der Waals surface area contributed by atoms with Crippen molar-refractivity contribution in [1.82, 2.24) is 4.31 Å². The zero-order valence-corrected chi connectivity index (χ0v) is 10.7. The van der Waals surface area contributed by atoms with Gasteiger partial charge in [0.25, 0.3) is 10.0 Å². The summed E-state index contributed by atoms with van der Waals surface area (Å²) in [5.74, 6) is 0. The van der Waals surface area contributed by atoms with Crippen molar-refractivity contribution in [3.05, 3.63) is 17.0 Å². The van der Waals surface area contributed by atoms with E-state index in [-0.39, 0.29) is 0 Å². The zero-order valence-electron chi connectivity index (χ0n) is 9.05. The molecule has 1 aromatic heterocycles. The molecule has 0 unspecified atom stereocenters. The monoisotopic (exact) mass is 260 g/mol. The number of hydrogen-bond acceptors (Lipinski definition) is 4. The molecule has 0 aromatic carbocycles. The highest BCUT2D eigenvalue weighted by molar-refractivity contribution is 7.91. The molecular formula is C10H16N2O2S2. The first kappa shape index (κ1) is 12.0. The molecule has 2 N–H and O–H groups in total. The summed E-state index contributed by atoms with van der Waals surface area (Å²) in [6.07, 6.45) is 2.70. The molecule has 1 aliphatic heterocycles. The first-order chi connectivity index (χ1) is 7.64. The maximum absolute atomic E-state index is 12.2. The second-order valence-corrected chi connectivity index (χ2v) is 7.20. The van der Waals surface area contributed by atoms with E-state index in [9.17, 15) is 8.42 Å². The van der Waals surface area contributed by atoms with E-state index < -0.39 is 10.0 Å². The van der Waals surface area contributed by atoms with E-state index in [0.717, 1.165) is 24.1 Å². The van der Waals surface area contributed by atoms with Crippen LogP contribution in [0.1, 0.15) is 17.7 Å². The van der Waals surface area contributed by atoms with Crippen LogP contribution in [0.3, 0.4) is 0 Å². The zero-order chi connectivity index (χ0) is 11.6. The third-order valence-electron chi connectivity index (χ3n) is 2.69. The number of nitrogens with zero attached hydrogens (tertiary/aromatic N) is 1. The first-order valence-corrected chi connectivity index (χ1v) is 7.69. The van der Waals surface area contributed by atoms with Crippen molar-refractivity contribution in [1.29, 1.82) is 0 Å². The van der Waals surface area contributed by atoms with Gasteiger partial charge in [0.05, 0.1) is 0 Å². The number of thiophene rings is 1.